The molecule has 0 aliphatic carbocycles. The van der Waals surface area contributed by atoms with Gasteiger partial charge in [0.2, 0.25) is 11.7 Å². The summed E-state index contributed by atoms with van der Waals surface area (Å²) in [4.78, 5) is 12.1. The maximum atomic E-state index is 12.1. The minimum absolute atomic E-state index is 0.0729. The molecule has 1 aliphatic rings. The largest absolute Gasteiger partial charge is 0.493 e. The minimum Gasteiger partial charge on any atom is -0.493 e. The van der Waals surface area contributed by atoms with Crippen molar-refractivity contribution in [1.82, 2.24) is 5.32 Å². The van der Waals surface area contributed by atoms with Crippen LogP contribution in [0.25, 0.3) is 0 Å². The van der Waals surface area contributed by atoms with Gasteiger partial charge in [-0.1, -0.05) is 0 Å². The fraction of sp³-hybridized carbons (Fsp3) is 0.588. The lowest BCUT2D eigenvalue weighted by Gasteiger charge is -2.21. The second-order valence-corrected chi connectivity index (χ2v) is 5.46. The molecular weight excluding hydrogens is 298 g/mol. The topological polar surface area (TPSA) is 66.0 Å². The first-order chi connectivity index (χ1) is 11.2. The number of amides is 1. The van der Waals surface area contributed by atoms with Gasteiger partial charge in [0.1, 0.15) is 0 Å². The molecule has 1 N–H and O–H groups in total. The maximum Gasteiger partial charge on any atom is 0.223 e. The van der Waals surface area contributed by atoms with Crippen molar-refractivity contribution in [1.29, 1.82) is 0 Å². The molecule has 0 saturated carbocycles. The molecule has 128 valence electrons. The standard InChI is InChI=1S/C17H25NO5/c1-20-14-10-12(11-15(21-2)16(14)22-3)4-7-18-17(19)13-5-8-23-9-6-13/h10-11,13H,4-9H2,1-3H3,(H,18,19). The van der Waals surface area contributed by atoms with Crippen molar-refractivity contribution in [3.05, 3.63) is 17.7 Å². The minimum atomic E-state index is 0.0729. The molecule has 6 heteroatoms. The van der Waals surface area contributed by atoms with Gasteiger partial charge in [-0.2, -0.15) is 0 Å². The lowest BCUT2D eigenvalue weighted by molar-refractivity contribution is -0.127. The number of carbonyl (C=O) groups excluding carboxylic acids is 1. The van der Waals surface area contributed by atoms with Crippen molar-refractivity contribution in [3.63, 3.8) is 0 Å². The average Bonchev–Trinajstić information content (AvgIpc) is 2.61. The number of nitrogens with one attached hydrogen (secondary N) is 1. The monoisotopic (exact) mass is 323 g/mol. The molecule has 6 nitrogen and oxygen atoms in total. The molecule has 1 saturated heterocycles. The zero-order valence-corrected chi connectivity index (χ0v) is 14.0. The molecule has 2 rings (SSSR count). The van der Waals surface area contributed by atoms with Crippen LogP contribution in [0.3, 0.4) is 0 Å². The molecule has 0 bridgehead atoms. The van der Waals surface area contributed by atoms with Crippen LogP contribution in [0.15, 0.2) is 12.1 Å². The van der Waals surface area contributed by atoms with E-state index in [0.717, 1.165) is 18.4 Å². The molecule has 0 atom stereocenters. The molecule has 1 fully saturated rings. The molecule has 1 aliphatic heterocycles. The van der Waals surface area contributed by atoms with E-state index in [9.17, 15) is 4.79 Å². The van der Waals surface area contributed by atoms with Crippen molar-refractivity contribution in [2.45, 2.75) is 19.3 Å². The van der Waals surface area contributed by atoms with E-state index in [0.29, 0.717) is 43.4 Å². The third-order valence-electron chi connectivity index (χ3n) is 4.03. The Kier molecular flexibility index (Phi) is 6.52. The molecule has 1 aromatic carbocycles. The molecule has 1 heterocycles. The predicted octanol–water partition coefficient (Wildman–Crippen LogP) is 1.80. The smallest absolute Gasteiger partial charge is 0.223 e. The van der Waals surface area contributed by atoms with Crippen LogP contribution in [0.4, 0.5) is 0 Å². The van der Waals surface area contributed by atoms with Crippen LogP contribution in [-0.4, -0.2) is 47.0 Å². The van der Waals surface area contributed by atoms with E-state index < -0.39 is 0 Å². The van der Waals surface area contributed by atoms with E-state index in [1.54, 1.807) is 21.3 Å². The Morgan fingerprint density at radius 2 is 1.74 bits per heavy atom. The highest BCUT2D eigenvalue weighted by atomic mass is 16.5. The van der Waals surface area contributed by atoms with E-state index >= 15 is 0 Å². The van der Waals surface area contributed by atoms with Crippen LogP contribution in [0.5, 0.6) is 17.2 Å². The van der Waals surface area contributed by atoms with Crippen molar-refractivity contribution >= 4 is 5.91 Å². The number of hydrogen-bond donors (Lipinski definition) is 1. The number of hydrogen-bond acceptors (Lipinski definition) is 5. The highest BCUT2D eigenvalue weighted by molar-refractivity contribution is 5.78. The van der Waals surface area contributed by atoms with Gasteiger partial charge in [-0.05, 0) is 37.0 Å². The van der Waals surface area contributed by atoms with Crippen molar-refractivity contribution < 1.29 is 23.7 Å². The Morgan fingerprint density at radius 3 is 2.26 bits per heavy atom. The Morgan fingerprint density at radius 1 is 1.13 bits per heavy atom. The average molecular weight is 323 g/mol. The number of benzene rings is 1. The van der Waals surface area contributed by atoms with E-state index in [4.69, 9.17) is 18.9 Å². The van der Waals surface area contributed by atoms with E-state index in [1.165, 1.54) is 0 Å². The summed E-state index contributed by atoms with van der Waals surface area (Å²) in [6, 6.07) is 3.81. The van der Waals surface area contributed by atoms with E-state index in [2.05, 4.69) is 5.32 Å². The number of rotatable bonds is 7. The SMILES string of the molecule is COc1cc(CCNC(=O)C2CCOCC2)cc(OC)c1OC. The lowest BCUT2D eigenvalue weighted by Crippen LogP contribution is -2.35. The van der Waals surface area contributed by atoms with Crippen LogP contribution in [0, 0.1) is 5.92 Å². The summed E-state index contributed by atoms with van der Waals surface area (Å²) in [5.74, 6) is 2.00. The summed E-state index contributed by atoms with van der Waals surface area (Å²) in [6.07, 6.45) is 2.30. The van der Waals surface area contributed by atoms with Gasteiger partial charge in [-0.25, -0.2) is 0 Å². The van der Waals surface area contributed by atoms with Gasteiger partial charge < -0.3 is 24.3 Å². The lowest BCUT2D eigenvalue weighted by atomic mass is 9.99. The Bertz CT molecular complexity index is 501. The fourth-order valence-corrected chi connectivity index (χ4v) is 2.71. The zero-order chi connectivity index (χ0) is 16.7. The van der Waals surface area contributed by atoms with E-state index in [1.807, 2.05) is 12.1 Å². The zero-order valence-electron chi connectivity index (χ0n) is 14.0. The Balaban J connectivity index is 1.93. The number of methoxy groups -OCH3 is 3. The third-order valence-corrected chi connectivity index (χ3v) is 4.03. The maximum absolute atomic E-state index is 12.1. The van der Waals surface area contributed by atoms with Crippen molar-refractivity contribution in [2.75, 3.05) is 41.1 Å². The van der Waals surface area contributed by atoms with Gasteiger partial charge >= 0.3 is 0 Å². The number of carbonyl (C=O) groups is 1. The highest BCUT2D eigenvalue weighted by Gasteiger charge is 2.21. The molecular formula is C17H25NO5. The van der Waals surface area contributed by atoms with Crippen LogP contribution >= 0.6 is 0 Å². The van der Waals surface area contributed by atoms with Gasteiger partial charge in [-0.15, -0.1) is 0 Å². The summed E-state index contributed by atoms with van der Waals surface area (Å²) < 4.78 is 21.3. The van der Waals surface area contributed by atoms with Gasteiger partial charge in [0, 0.05) is 25.7 Å². The normalized spacial score (nSPS) is 15.1. The highest BCUT2D eigenvalue weighted by Crippen LogP contribution is 2.38. The summed E-state index contributed by atoms with van der Waals surface area (Å²) in [5, 5.41) is 3.00. The first kappa shape index (κ1) is 17.4. The summed E-state index contributed by atoms with van der Waals surface area (Å²) in [6.45, 7) is 1.92. The fourth-order valence-electron chi connectivity index (χ4n) is 2.71. The predicted molar refractivity (Wildman–Crippen MR) is 86.4 cm³/mol. The molecule has 1 amide bonds. The van der Waals surface area contributed by atoms with Gasteiger partial charge in [0.25, 0.3) is 0 Å². The molecule has 23 heavy (non-hydrogen) atoms. The molecule has 0 radical (unpaired) electrons. The summed E-state index contributed by atoms with van der Waals surface area (Å²) in [5.41, 5.74) is 1.02. The Hall–Kier alpha value is -1.95. The van der Waals surface area contributed by atoms with Gasteiger partial charge in [-0.3, -0.25) is 4.79 Å². The Labute approximate surface area is 137 Å². The van der Waals surface area contributed by atoms with Crippen LogP contribution in [0.2, 0.25) is 0 Å². The second-order valence-electron chi connectivity index (χ2n) is 5.46. The van der Waals surface area contributed by atoms with Crippen molar-refractivity contribution in [3.8, 4) is 17.2 Å². The molecule has 0 unspecified atom stereocenters. The first-order valence-electron chi connectivity index (χ1n) is 7.84. The van der Waals surface area contributed by atoms with Crippen LogP contribution in [0.1, 0.15) is 18.4 Å². The summed E-state index contributed by atoms with van der Waals surface area (Å²) in [7, 11) is 4.76. The quantitative estimate of drug-likeness (QED) is 0.829. The second kappa shape index (κ2) is 8.62. The van der Waals surface area contributed by atoms with Crippen LogP contribution in [-0.2, 0) is 16.0 Å². The third kappa shape index (κ3) is 4.51. The van der Waals surface area contributed by atoms with Crippen molar-refractivity contribution in [2.24, 2.45) is 5.92 Å². The molecule has 1 aromatic rings. The molecule has 0 aromatic heterocycles. The van der Waals surface area contributed by atoms with Gasteiger partial charge in [0.05, 0.1) is 21.3 Å². The van der Waals surface area contributed by atoms with Crippen LogP contribution < -0.4 is 19.5 Å². The summed E-state index contributed by atoms with van der Waals surface area (Å²) >= 11 is 0. The number of ether oxygens (including phenoxy) is 4. The van der Waals surface area contributed by atoms with E-state index in [-0.39, 0.29) is 11.8 Å². The molecule has 0 spiro atoms. The van der Waals surface area contributed by atoms with Gasteiger partial charge in [0.15, 0.2) is 11.5 Å². The first-order valence-corrected chi connectivity index (χ1v) is 7.84.